The van der Waals surface area contributed by atoms with Crippen molar-refractivity contribution in [2.45, 2.75) is 45.1 Å². The number of nitrogens with one attached hydrogen (secondary N) is 1. The van der Waals surface area contributed by atoms with Crippen LogP contribution in [-0.4, -0.2) is 50.1 Å². The summed E-state index contributed by atoms with van der Waals surface area (Å²) in [6, 6.07) is 0.309. The molecule has 0 saturated carbocycles. The zero-order valence-corrected chi connectivity index (χ0v) is 12.9. The number of nitrogens with zero attached hydrogens (tertiary/aromatic N) is 1. The number of carbonyl (C=O) groups is 1. The molecule has 2 aliphatic rings. The molecule has 6 nitrogen and oxygen atoms in total. The summed E-state index contributed by atoms with van der Waals surface area (Å²) in [6.45, 7) is 3.35. The van der Waals surface area contributed by atoms with Gasteiger partial charge in [-0.15, -0.1) is 0 Å². The van der Waals surface area contributed by atoms with Crippen LogP contribution in [-0.2, 0) is 14.8 Å². The second-order valence-corrected chi connectivity index (χ2v) is 8.35. The van der Waals surface area contributed by atoms with E-state index >= 15 is 0 Å². The van der Waals surface area contributed by atoms with Crippen molar-refractivity contribution in [1.82, 2.24) is 9.62 Å². The van der Waals surface area contributed by atoms with E-state index in [-0.39, 0.29) is 12.3 Å². The van der Waals surface area contributed by atoms with Crippen LogP contribution in [0.1, 0.15) is 39.0 Å². The molecule has 0 aromatic heterocycles. The molecule has 2 heterocycles. The largest absolute Gasteiger partial charge is 0.369 e. The smallest absolute Gasteiger partial charge is 0.224 e. The van der Waals surface area contributed by atoms with E-state index in [1.807, 2.05) is 0 Å². The average molecular weight is 303 g/mol. The number of primary amides is 1. The van der Waals surface area contributed by atoms with Crippen LogP contribution in [0.4, 0.5) is 0 Å². The zero-order chi connectivity index (χ0) is 14.8. The summed E-state index contributed by atoms with van der Waals surface area (Å²) in [5.74, 6) is -0.261. The molecule has 0 aliphatic carbocycles. The second-order valence-electron chi connectivity index (χ2n) is 6.26. The highest BCUT2D eigenvalue weighted by Gasteiger charge is 2.43. The molecule has 2 unspecified atom stereocenters. The van der Waals surface area contributed by atoms with E-state index < -0.39 is 21.3 Å². The van der Waals surface area contributed by atoms with Crippen molar-refractivity contribution < 1.29 is 13.2 Å². The van der Waals surface area contributed by atoms with Crippen molar-refractivity contribution in [2.75, 3.05) is 25.4 Å². The van der Waals surface area contributed by atoms with Crippen LogP contribution in [0.15, 0.2) is 0 Å². The van der Waals surface area contributed by atoms with Gasteiger partial charge in [0.05, 0.1) is 11.2 Å². The van der Waals surface area contributed by atoms with E-state index in [0.29, 0.717) is 25.4 Å². The molecule has 2 fully saturated rings. The molecule has 2 rings (SSSR count). The lowest BCUT2D eigenvalue weighted by atomic mass is 9.89. The van der Waals surface area contributed by atoms with Gasteiger partial charge in [-0.2, -0.15) is 0 Å². The van der Waals surface area contributed by atoms with Gasteiger partial charge in [0.25, 0.3) is 0 Å². The lowest BCUT2D eigenvalue weighted by molar-refractivity contribution is -0.126. The number of rotatable bonds is 5. The molecule has 2 aliphatic heterocycles. The van der Waals surface area contributed by atoms with Gasteiger partial charge in [0.15, 0.2) is 0 Å². The van der Waals surface area contributed by atoms with Gasteiger partial charge in [-0.1, -0.05) is 6.42 Å². The first kappa shape index (κ1) is 15.7. The molecule has 0 aromatic rings. The highest BCUT2D eigenvalue weighted by molar-refractivity contribution is 7.89. The maximum atomic E-state index is 12.3. The van der Waals surface area contributed by atoms with Crippen LogP contribution in [0, 0.1) is 5.41 Å². The fraction of sp³-hybridized carbons (Fsp3) is 0.923. The molecule has 1 amide bonds. The number of piperidine rings is 1. The van der Waals surface area contributed by atoms with Crippen molar-refractivity contribution in [3.8, 4) is 0 Å². The van der Waals surface area contributed by atoms with E-state index in [1.54, 1.807) is 6.92 Å². The average Bonchev–Trinajstić information content (AvgIpc) is 2.83. The van der Waals surface area contributed by atoms with Crippen molar-refractivity contribution in [3.63, 3.8) is 0 Å². The van der Waals surface area contributed by atoms with Crippen molar-refractivity contribution in [1.29, 1.82) is 0 Å². The summed E-state index contributed by atoms with van der Waals surface area (Å²) in [5, 5.41) is 3.36. The zero-order valence-electron chi connectivity index (χ0n) is 12.1. The van der Waals surface area contributed by atoms with E-state index in [9.17, 15) is 13.2 Å². The summed E-state index contributed by atoms with van der Waals surface area (Å²) in [4.78, 5) is 11.4. The van der Waals surface area contributed by atoms with E-state index in [1.165, 1.54) is 17.1 Å². The number of amides is 1. The standard InChI is InChI=1S/C13H25N3O3S/c1-13(12(14)17)6-8-16(10-13)20(18,19)9-5-11-4-2-3-7-15-11/h11,15H,2-10H2,1H3,(H2,14,17). The molecule has 0 bridgehead atoms. The third kappa shape index (κ3) is 3.51. The Bertz CT molecular complexity index is 459. The fourth-order valence-electron chi connectivity index (χ4n) is 2.95. The summed E-state index contributed by atoms with van der Waals surface area (Å²) < 4.78 is 26.1. The Balaban J connectivity index is 1.89. The van der Waals surface area contributed by atoms with Crippen LogP contribution in [0.2, 0.25) is 0 Å². The van der Waals surface area contributed by atoms with Crippen LogP contribution < -0.4 is 11.1 Å². The van der Waals surface area contributed by atoms with E-state index in [4.69, 9.17) is 5.73 Å². The Morgan fingerprint density at radius 1 is 1.45 bits per heavy atom. The molecule has 2 atom stereocenters. The maximum absolute atomic E-state index is 12.3. The van der Waals surface area contributed by atoms with Gasteiger partial charge in [0, 0.05) is 19.1 Å². The number of hydrogen-bond donors (Lipinski definition) is 2. The van der Waals surface area contributed by atoms with Gasteiger partial charge in [0.2, 0.25) is 15.9 Å². The molecule has 3 N–H and O–H groups in total. The normalized spacial score (nSPS) is 32.4. The minimum absolute atomic E-state index is 0.152. The number of hydrogen-bond acceptors (Lipinski definition) is 4. The lowest BCUT2D eigenvalue weighted by Crippen LogP contribution is -2.40. The minimum Gasteiger partial charge on any atom is -0.369 e. The summed E-state index contributed by atoms with van der Waals surface area (Å²) in [7, 11) is -3.28. The van der Waals surface area contributed by atoms with Crippen LogP contribution >= 0.6 is 0 Å². The Kier molecular flexibility index (Phi) is 4.71. The van der Waals surface area contributed by atoms with Crippen LogP contribution in [0.5, 0.6) is 0 Å². The highest BCUT2D eigenvalue weighted by Crippen LogP contribution is 2.31. The Labute approximate surface area is 121 Å². The predicted molar refractivity (Wildman–Crippen MR) is 77.5 cm³/mol. The van der Waals surface area contributed by atoms with E-state index in [0.717, 1.165) is 13.0 Å². The topological polar surface area (TPSA) is 92.5 Å². The van der Waals surface area contributed by atoms with Gasteiger partial charge in [0.1, 0.15) is 0 Å². The first-order chi connectivity index (χ1) is 9.33. The fourth-order valence-corrected chi connectivity index (χ4v) is 4.64. The molecule has 0 spiro atoms. The molecular weight excluding hydrogens is 278 g/mol. The molecule has 7 heteroatoms. The van der Waals surface area contributed by atoms with Crippen molar-refractivity contribution >= 4 is 15.9 Å². The Morgan fingerprint density at radius 3 is 2.75 bits per heavy atom. The van der Waals surface area contributed by atoms with Gasteiger partial charge < -0.3 is 11.1 Å². The highest BCUT2D eigenvalue weighted by atomic mass is 32.2. The van der Waals surface area contributed by atoms with Crippen LogP contribution in [0.25, 0.3) is 0 Å². The lowest BCUT2D eigenvalue weighted by Gasteiger charge is -2.25. The van der Waals surface area contributed by atoms with Gasteiger partial charge in [-0.05, 0) is 39.2 Å². The minimum atomic E-state index is -3.28. The number of nitrogens with two attached hydrogens (primary N) is 1. The quantitative estimate of drug-likeness (QED) is 0.750. The summed E-state index contributed by atoms with van der Waals surface area (Å²) >= 11 is 0. The van der Waals surface area contributed by atoms with Gasteiger partial charge in [-0.25, -0.2) is 12.7 Å². The molecule has 116 valence electrons. The predicted octanol–water partition coefficient (Wildman–Crippen LogP) is 0.0457. The first-order valence-electron chi connectivity index (χ1n) is 7.35. The van der Waals surface area contributed by atoms with E-state index in [2.05, 4.69) is 5.32 Å². The Hall–Kier alpha value is -0.660. The maximum Gasteiger partial charge on any atom is 0.224 e. The Morgan fingerprint density at radius 2 is 2.20 bits per heavy atom. The van der Waals surface area contributed by atoms with Gasteiger partial charge >= 0.3 is 0 Å². The SMILES string of the molecule is CC1(C(N)=O)CCN(S(=O)(=O)CCC2CCCCN2)C1. The van der Waals surface area contributed by atoms with Crippen molar-refractivity contribution in [3.05, 3.63) is 0 Å². The first-order valence-corrected chi connectivity index (χ1v) is 8.95. The molecule has 0 radical (unpaired) electrons. The number of sulfonamides is 1. The third-order valence-electron chi connectivity index (χ3n) is 4.56. The summed E-state index contributed by atoms with van der Waals surface area (Å²) in [6.07, 6.45) is 4.55. The molecule has 0 aromatic carbocycles. The van der Waals surface area contributed by atoms with Crippen molar-refractivity contribution in [2.24, 2.45) is 11.1 Å². The van der Waals surface area contributed by atoms with Gasteiger partial charge in [-0.3, -0.25) is 4.79 Å². The summed E-state index contributed by atoms with van der Waals surface area (Å²) in [5.41, 5.74) is 4.65. The monoisotopic (exact) mass is 303 g/mol. The third-order valence-corrected chi connectivity index (χ3v) is 6.41. The second kappa shape index (κ2) is 5.99. The molecule has 20 heavy (non-hydrogen) atoms. The molecular formula is C13H25N3O3S. The van der Waals surface area contributed by atoms with Crippen LogP contribution in [0.3, 0.4) is 0 Å². The number of carbonyl (C=O) groups excluding carboxylic acids is 1. The molecule has 2 saturated heterocycles.